The molecule has 0 unspecified atom stereocenters. The Morgan fingerprint density at radius 1 is 0.978 bits per heavy atom. The Balaban J connectivity index is 1.27. The van der Waals surface area contributed by atoms with E-state index in [0.29, 0.717) is 74.7 Å². The minimum absolute atomic E-state index is 0.115. The van der Waals surface area contributed by atoms with Crippen LogP contribution in [0.1, 0.15) is 59.7 Å². The molecule has 0 fully saturated rings. The number of amides is 2. The first-order valence-electron chi connectivity index (χ1n) is 14.9. The van der Waals surface area contributed by atoms with Crippen LogP contribution in [0.2, 0.25) is 5.02 Å². The highest BCUT2D eigenvalue weighted by Gasteiger charge is 2.43. The van der Waals surface area contributed by atoms with E-state index in [-0.39, 0.29) is 11.5 Å². The van der Waals surface area contributed by atoms with Gasteiger partial charge in [0.2, 0.25) is 0 Å². The minimum Gasteiger partial charge on any atom is -0.444 e. The molecular weight excluding hydrogens is 602 g/mol. The second-order valence-corrected chi connectivity index (χ2v) is 12.2. The van der Waals surface area contributed by atoms with E-state index in [1.807, 2.05) is 39.8 Å². The quantitative estimate of drug-likeness (QED) is 0.260. The Bertz CT molecular complexity index is 1520. The number of alkyl carbamates (subject to hydrolysis) is 1. The molecule has 1 aromatic carbocycles. The Morgan fingerprint density at radius 3 is 2.22 bits per heavy atom. The summed E-state index contributed by atoms with van der Waals surface area (Å²) in [7, 11) is 1.68. The van der Waals surface area contributed by atoms with Crippen LogP contribution in [-0.4, -0.2) is 78.1 Å². The number of nitrogens with one attached hydrogen (secondary N) is 1. The number of anilines is 1. The number of aryl methyl sites for hydroxylation is 2. The molecule has 1 atom stereocenters. The number of aromatic nitrogens is 3. The molecule has 13 heteroatoms. The summed E-state index contributed by atoms with van der Waals surface area (Å²) in [5.74, 6) is -0.234. The maximum Gasteiger partial charge on any atom is 0.407 e. The van der Waals surface area contributed by atoms with Crippen molar-refractivity contribution in [1.82, 2.24) is 19.7 Å². The summed E-state index contributed by atoms with van der Waals surface area (Å²) >= 11 is 6.18. The van der Waals surface area contributed by atoms with E-state index in [1.165, 1.54) is 4.57 Å². The van der Waals surface area contributed by atoms with Gasteiger partial charge < -0.3 is 28.8 Å². The van der Waals surface area contributed by atoms with Crippen LogP contribution in [0.5, 0.6) is 0 Å². The Morgan fingerprint density at radius 2 is 1.60 bits per heavy atom. The van der Waals surface area contributed by atoms with Crippen molar-refractivity contribution in [3.63, 3.8) is 0 Å². The van der Waals surface area contributed by atoms with Gasteiger partial charge in [0, 0.05) is 41.6 Å². The normalized spacial score (nSPS) is 14.6. The highest BCUT2D eigenvalue weighted by atomic mass is 35.5. The van der Waals surface area contributed by atoms with Gasteiger partial charge in [0.05, 0.1) is 57.9 Å². The molecule has 1 aliphatic heterocycles. The molecule has 0 saturated carbocycles. The SMILES string of the molecule is Cc1cc(N2C(=O)c3nn(CCOCCOCCOCCNC(=O)OC(C)(C)C)c(C)c3[C@H]2c2ccc(Cl)cc2)cn(C)c1=O. The van der Waals surface area contributed by atoms with Crippen LogP contribution in [0.25, 0.3) is 0 Å². The molecule has 0 radical (unpaired) electrons. The molecule has 2 amide bonds. The Kier molecular flexibility index (Phi) is 11.4. The summed E-state index contributed by atoms with van der Waals surface area (Å²) in [5, 5.41) is 7.91. The monoisotopic (exact) mass is 643 g/mol. The van der Waals surface area contributed by atoms with Crippen LogP contribution in [0, 0.1) is 13.8 Å². The summed E-state index contributed by atoms with van der Waals surface area (Å²) in [4.78, 5) is 39.5. The first kappa shape index (κ1) is 34.2. The lowest BCUT2D eigenvalue weighted by molar-refractivity contribution is 0.0122. The molecule has 1 aliphatic rings. The van der Waals surface area contributed by atoms with E-state index in [1.54, 1.807) is 47.9 Å². The lowest BCUT2D eigenvalue weighted by atomic mass is 9.99. The molecule has 12 nitrogen and oxygen atoms in total. The fourth-order valence-corrected chi connectivity index (χ4v) is 5.20. The van der Waals surface area contributed by atoms with Crippen LogP contribution in [0.15, 0.2) is 41.3 Å². The van der Waals surface area contributed by atoms with Crippen molar-refractivity contribution in [2.24, 2.45) is 7.05 Å². The standard InChI is InChI=1S/C32H42ClN5O7/c1-21-19-25(20-36(6)29(21)39)38-28(23-7-9-24(33)10-8-23)26-22(2)37(35-27(26)30(38)40)12-14-43-16-18-44-17-15-42-13-11-34-31(41)45-32(3,4)5/h7-10,19-20,28H,11-18H2,1-6H3,(H,34,41)/t28-/m1/s1. The maximum absolute atomic E-state index is 13.8. The van der Waals surface area contributed by atoms with Gasteiger partial charge >= 0.3 is 6.09 Å². The summed E-state index contributed by atoms with van der Waals surface area (Å²) in [5.41, 5.74) is 3.46. The number of carbonyl (C=O) groups is 2. The van der Waals surface area contributed by atoms with Crippen molar-refractivity contribution in [2.75, 3.05) is 51.1 Å². The second-order valence-electron chi connectivity index (χ2n) is 11.8. The van der Waals surface area contributed by atoms with Gasteiger partial charge in [-0.15, -0.1) is 0 Å². The number of fused-ring (bicyclic) bond motifs is 1. The molecule has 2 aromatic heterocycles. The molecule has 1 N–H and O–H groups in total. The third kappa shape index (κ3) is 8.72. The zero-order valence-electron chi connectivity index (χ0n) is 26.7. The van der Waals surface area contributed by atoms with E-state index in [2.05, 4.69) is 10.4 Å². The van der Waals surface area contributed by atoms with Crippen molar-refractivity contribution in [3.05, 3.63) is 80.0 Å². The molecule has 0 aliphatic carbocycles. The van der Waals surface area contributed by atoms with Gasteiger partial charge in [0.1, 0.15) is 5.60 Å². The molecule has 0 saturated heterocycles. The predicted molar refractivity (Wildman–Crippen MR) is 170 cm³/mol. The number of ether oxygens (including phenoxy) is 4. The molecule has 0 bridgehead atoms. The highest BCUT2D eigenvalue weighted by Crippen LogP contribution is 2.43. The van der Waals surface area contributed by atoms with Gasteiger partial charge in [0.25, 0.3) is 11.5 Å². The van der Waals surface area contributed by atoms with E-state index >= 15 is 0 Å². The van der Waals surface area contributed by atoms with E-state index < -0.39 is 17.7 Å². The second kappa shape index (κ2) is 15.0. The largest absolute Gasteiger partial charge is 0.444 e. The number of halogens is 1. The van der Waals surface area contributed by atoms with E-state index in [9.17, 15) is 14.4 Å². The molecule has 4 rings (SSSR count). The van der Waals surface area contributed by atoms with E-state index in [0.717, 1.165) is 16.8 Å². The lowest BCUT2D eigenvalue weighted by Gasteiger charge is -2.27. The van der Waals surface area contributed by atoms with Crippen LogP contribution >= 0.6 is 11.6 Å². The number of pyridine rings is 1. The van der Waals surface area contributed by atoms with Crippen molar-refractivity contribution in [1.29, 1.82) is 0 Å². The number of benzene rings is 1. The van der Waals surface area contributed by atoms with Gasteiger partial charge in [0.15, 0.2) is 5.69 Å². The number of hydrogen-bond donors (Lipinski definition) is 1. The smallest absolute Gasteiger partial charge is 0.407 e. The summed E-state index contributed by atoms with van der Waals surface area (Å²) in [6.45, 7) is 12.3. The average Bonchev–Trinajstić information content (AvgIpc) is 3.44. The Labute approximate surface area is 268 Å². The zero-order chi connectivity index (χ0) is 32.7. The first-order chi connectivity index (χ1) is 21.4. The van der Waals surface area contributed by atoms with Crippen molar-refractivity contribution in [2.45, 2.75) is 52.8 Å². The van der Waals surface area contributed by atoms with Crippen LogP contribution in [0.4, 0.5) is 10.5 Å². The maximum atomic E-state index is 13.8. The van der Waals surface area contributed by atoms with Crippen LogP contribution < -0.4 is 15.8 Å². The van der Waals surface area contributed by atoms with Crippen molar-refractivity contribution in [3.8, 4) is 0 Å². The predicted octanol–water partition coefficient (Wildman–Crippen LogP) is 4.18. The Hall–Kier alpha value is -3.71. The summed E-state index contributed by atoms with van der Waals surface area (Å²) < 4.78 is 25.2. The number of hydrogen-bond acceptors (Lipinski definition) is 8. The third-order valence-corrected chi connectivity index (χ3v) is 7.38. The zero-order valence-corrected chi connectivity index (χ0v) is 27.5. The molecule has 3 aromatic rings. The average molecular weight is 644 g/mol. The lowest BCUT2D eigenvalue weighted by Crippen LogP contribution is -2.34. The van der Waals surface area contributed by atoms with Crippen molar-refractivity contribution < 1.29 is 28.5 Å². The van der Waals surface area contributed by atoms with Crippen LogP contribution in [0.3, 0.4) is 0 Å². The summed E-state index contributed by atoms with van der Waals surface area (Å²) in [6.07, 6.45) is 1.21. The van der Waals surface area contributed by atoms with Crippen LogP contribution in [-0.2, 0) is 32.5 Å². The third-order valence-electron chi connectivity index (χ3n) is 7.12. The minimum atomic E-state index is -0.536. The van der Waals surface area contributed by atoms with Gasteiger partial charge in [-0.3, -0.25) is 19.2 Å². The fourth-order valence-electron chi connectivity index (χ4n) is 5.07. The van der Waals surface area contributed by atoms with E-state index in [4.69, 9.17) is 30.5 Å². The van der Waals surface area contributed by atoms with Gasteiger partial charge in [-0.25, -0.2) is 4.79 Å². The molecule has 244 valence electrons. The molecule has 0 spiro atoms. The highest BCUT2D eigenvalue weighted by molar-refractivity contribution is 6.30. The number of carbonyl (C=O) groups excluding carboxylic acids is 2. The van der Waals surface area contributed by atoms with Gasteiger partial charge in [-0.2, -0.15) is 5.10 Å². The fraction of sp³-hybridized carbons (Fsp3) is 0.500. The van der Waals surface area contributed by atoms with Gasteiger partial charge in [-0.05, 0) is 58.4 Å². The molecular formula is C32H42ClN5O7. The molecule has 45 heavy (non-hydrogen) atoms. The van der Waals surface area contributed by atoms with Crippen molar-refractivity contribution >= 4 is 29.3 Å². The summed E-state index contributed by atoms with van der Waals surface area (Å²) in [6, 6.07) is 8.72. The van der Waals surface area contributed by atoms with Gasteiger partial charge in [-0.1, -0.05) is 23.7 Å². The number of rotatable bonds is 14. The topological polar surface area (TPSA) is 126 Å². The number of nitrogens with zero attached hydrogens (tertiary/aromatic N) is 4. The molecule has 3 heterocycles. The first-order valence-corrected chi connectivity index (χ1v) is 15.3.